The van der Waals surface area contributed by atoms with Crippen molar-refractivity contribution in [2.24, 2.45) is 5.92 Å². The molecular formula is C44H55N9O6. The summed E-state index contributed by atoms with van der Waals surface area (Å²) in [6.07, 6.45) is 4.03. The number of piperazine rings is 1. The summed E-state index contributed by atoms with van der Waals surface area (Å²) >= 11 is 0. The summed E-state index contributed by atoms with van der Waals surface area (Å²) in [6, 6.07) is 18.6. The number of benzene rings is 2. The van der Waals surface area contributed by atoms with E-state index in [4.69, 9.17) is 4.74 Å². The first-order valence-corrected chi connectivity index (χ1v) is 20.4. The molecule has 5 atom stereocenters. The molecule has 0 spiro atoms. The van der Waals surface area contributed by atoms with Crippen molar-refractivity contribution in [1.82, 2.24) is 35.0 Å². The quantitative estimate of drug-likeness (QED) is 0.172. The van der Waals surface area contributed by atoms with Gasteiger partial charge in [0, 0.05) is 57.1 Å². The molecule has 15 heteroatoms. The number of ether oxygens (including phenoxy) is 1. The van der Waals surface area contributed by atoms with Crippen molar-refractivity contribution in [3.8, 4) is 22.4 Å². The summed E-state index contributed by atoms with van der Waals surface area (Å²) in [5, 5.41) is 16.6. The van der Waals surface area contributed by atoms with Gasteiger partial charge in [-0.2, -0.15) is 0 Å². The number of amides is 4. The number of β-amino-alcohol motifs (C(OH)–C–C–N with tert-alkyl or cyclic N) is 1. The van der Waals surface area contributed by atoms with E-state index in [2.05, 4.69) is 30.5 Å². The highest BCUT2D eigenvalue weighted by Gasteiger charge is 2.49. The molecular weight excluding hydrogens is 751 g/mol. The number of carbonyl (C=O) groups excluding carboxylic acids is 4. The first-order chi connectivity index (χ1) is 28.3. The second kappa shape index (κ2) is 17.2. The number of aliphatic hydroxyl groups excluding tert-OH is 1. The van der Waals surface area contributed by atoms with Gasteiger partial charge < -0.3 is 40.2 Å². The van der Waals surface area contributed by atoms with Gasteiger partial charge >= 0.3 is 6.09 Å². The number of imidazole rings is 1. The highest BCUT2D eigenvalue weighted by atomic mass is 16.5. The van der Waals surface area contributed by atoms with Crippen molar-refractivity contribution >= 4 is 35.3 Å². The lowest BCUT2D eigenvalue weighted by atomic mass is 9.96. The molecule has 0 aliphatic carbocycles. The number of likely N-dealkylation sites (tertiary alicyclic amines) is 2. The van der Waals surface area contributed by atoms with Crippen LogP contribution in [-0.2, 0) is 14.3 Å². The number of aliphatic hydroxyl groups is 1. The normalized spacial score (nSPS) is 22.5. The van der Waals surface area contributed by atoms with E-state index < -0.39 is 17.7 Å². The molecule has 59 heavy (non-hydrogen) atoms. The molecule has 0 saturated carbocycles. The third kappa shape index (κ3) is 8.39. The van der Waals surface area contributed by atoms with Crippen molar-refractivity contribution < 1.29 is 29.0 Å². The summed E-state index contributed by atoms with van der Waals surface area (Å²) in [5.41, 5.74) is 3.91. The van der Waals surface area contributed by atoms with Crippen LogP contribution in [0.15, 0.2) is 73.1 Å². The Hall–Kier alpha value is -5.80. The van der Waals surface area contributed by atoms with Gasteiger partial charge in [-0.3, -0.25) is 19.3 Å². The average Bonchev–Trinajstić information content (AvgIpc) is 4.00. The molecule has 4 aromatic rings. The van der Waals surface area contributed by atoms with Gasteiger partial charge in [-0.15, -0.1) is 0 Å². The number of hydrogen-bond donors (Lipinski definition) is 4. The molecule has 0 bridgehead atoms. The summed E-state index contributed by atoms with van der Waals surface area (Å²) in [6.45, 7) is 10.2. The zero-order chi connectivity index (χ0) is 42.0. The lowest BCUT2D eigenvalue weighted by Crippen LogP contribution is -2.62. The van der Waals surface area contributed by atoms with Gasteiger partial charge in [0.25, 0.3) is 5.91 Å². The van der Waals surface area contributed by atoms with Crippen LogP contribution in [0, 0.1) is 5.92 Å². The van der Waals surface area contributed by atoms with Crippen LogP contribution in [0.25, 0.3) is 22.4 Å². The minimum Gasteiger partial charge on any atom is -0.453 e. The molecule has 3 aliphatic heterocycles. The summed E-state index contributed by atoms with van der Waals surface area (Å²) in [7, 11) is 3.12. The molecule has 3 aliphatic rings. The number of likely N-dealkylation sites (N-methyl/N-ethyl adjacent to an activating group) is 1. The van der Waals surface area contributed by atoms with Crippen molar-refractivity contribution in [3.63, 3.8) is 0 Å². The topological polar surface area (TPSA) is 176 Å². The minimum absolute atomic E-state index is 0.0206. The number of aromatic nitrogens is 3. The molecule has 5 heterocycles. The molecule has 3 saturated heterocycles. The number of aromatic amines is 1. The molecule has 4 amide bonds. The van der Waals surface area contributed by atoms with Crippen LogP contribution >= 0.6 is 0 Å². The van der Waals surface area contributed by atoms with Crippen molar-refractivity contribution in [2.45, 2.75) is 76.7 Å². The highest BCUT2D eigenvalue weighted by molar-refractivity contribution is 6.04. The Balaban J connectivity index is 0.929. The number of H-pyrrole nitrogens is 1. The number of rotatable bonds is 10. The lowest BCUT2D eigenvalue weighted by molar-refractivity contribution is -0.142. The number of hydrogen-bond acceptors (Lipinski definition) is 10. The van der Waals surface area contributed by atoms with Gasteiger partial charge in [-0.25, -0.2) is 14.8 Å². The molecule has 2 aromatic heterocycles. The SMILES string of the molecule is CNC(C(=O)N1CC(O)CC1c1ncc(-c2ccc(-c3ccc(NC(=O)c4ccc(N5CCN(C(=O)C6(C)CCCN6C(=O)OC)CC5C)nc4)cc3)cc2)[nH]1)C(C)C. The van der Waals surface area contributed by atoms with Crippen molar-refractivity contribution in [1.29, 1.82) is 0 Å². The zero-order valence-electron chi connectivity index (χ0n) is 34.6. The predicted molar refractivity (Wildman–Crippen MR) is 225 cm³/mol. The fourth-order valence-electron chi connectivity index (χ4n) is 8.78. The molecule has 2 aromatic carbocycles. The maximum atomic E-state index is 13.6. The van der Waals surface area contributed by atoms with Gasteiger partial charge in [-0.05, 0) is 80.6 Å². The van der Waals surface area contributed by atoms with E-state index in [0.29, 0.717) is 56.1 Å². The third-order valence-corrected chi connectivity index (χ3v) is 12.1. The number of carbonyl (C=O) groups is 4. The predicted octanol–water partition coefficient (Wildman–Crippen LogP) is 4.93. The third-order valence-electron chi connectivity index (χ3n) is 12.1. The maximum Gasteiger partial charge on any atom is 0.410 e. The van der Waals surface area contributed by atoms with Gasteiger partial charge in [0.2, 0.25) is 11.8 Å². The fraction of sp³-hybridized carbons (Fsp3) is 0.455. The molecule has 15 nitrogen and oxygen atoms in total. The monoisotopic (exact) mass is 805 g/mol. The molecule has 7 rings (SSSR count). The number of nitrogens with zero attached hydrogens (tertiary/aromatic N) is 6. The summed E-state index contributed by atoms with van der Waals surface area (Å²) in [4.78, 5) is 72.4. The second-order valence-electron chi connectivity index (χ2n) is 16.4. The van der Waals surface area contributed by atoms with Crippen LogP contribution in [0.2, 0.25) is 0 Å². The van der Waals surface area contributed by atoms with Gasteiger partial charge in [0.15, 0.2) is 0 Å². The molecule has 5 unspecified atom stereocenters. The summed E-state index contributed by atoms with van der Waals surface area (Å²) < 4.78 is 4.94. The minimum atomic E-state index is -0.915. The fourth-order valence-corrected chi connectivity index (χ4v) is 8.78. The standard InChI is InChI=1S/C44H55N9O6/c1-27(2)38(45-5)41(56)52-26-34(54)22-36(52)39-47-24-35(49-39)31-10-8-29(9-11-31)30-12-15-33(16-13-30)48-40(55)32-14-17-37(46-23-32)51-21-20-50(25-28(51)3)42(57)44(4)18-7-19-53(44)43(58)59-6/h8-17,23-24,27-28,34,36,38,45,54H,7,18-22,25-26H2,1-6H3,(H,47,49)(H,48,55). The largest absolute Gasteiger partial charge is 0.453 e. The Morgan fingerprint density at radius 1 is 0.915 bits per heavy atom. The first-order valence-electron chi connectivity index (χ1n) is 20.4. The molecule has 3 fully saturated rings. The highest BCUT2D eigenvalue weighted by Crippen LogP contribution is 2.35. The van der Waals surface area contributed by atoms with E-state index in [1.165, 1.54) is 7.11 Å². The number of nitrogens with one attached hydrogen (secondary N) is 3. The molecule has 4 N–H and O–H groups in total. The maximum absolute atomic E-state index is 13.6. The van der Waals surface area contributed by atoms with E-state index >= 15 is 0 Å². The number of pyridine rings is 1. The van der Waals surface area contributed by atoms with Crippen LogP contribution in [-0.4, -0.2) is 129 Å². The molecule has 0 radical (unpaired) electrons. The summed E-state index contributed by atoms with van der Waals surface area (Å²) in [5.74, 6) is 1.11. The lowest BCUT2D eigenvalue weighted by Gasteiger charge is -2.44. The average molecular weight is 806 g/mol. The Labute approximate surface area is 345 Å². The number of methoxy groups -OCH3 is 1. The van der Waals surface area contributed by atoms with Crippen molar-refractivity contribution in [2.75, 3.05) is 57.1 Å². The van der Waals surface area contributed by atoms with E-state index in [0.717, 1.165) is 34.6 Å². The van der Waals surface area contributed by atoms with Gasteiger partial charge in [0.1, 0.15) is 17.2 Å². The zero-order valence-corrected chi connectivity index (χ0v) is 34.6. The van der Waals surface area contributed by atoms with Crippen LogP contribution in [0.5, 0.6) is 0 Å². The van der Waals surface area contributed by atoms with Crippen LogP contribution < -0.4 is 15.5 Å². The van der Waals surface area contributed by atoms with Crippen molar-refractivity contribution in [3.05, 3.63) is 84.4 Å². The first kappa shape index (κ1) is 41.4. The Bertz CT molecular complexity index is 2140. The van der Waals surface area contributed by atoms with Crippen LogP contribution in [0.3, 0.4) is 0 Å². The van der Waals surface area contributed by atoms with E-state index in [1.54, 1.807) is 35.3 Å². The number of anilines is 2. The van der Waals surface area contributed by atoms with Gasteiger partial charge in [-0.1, -0.05) is 50.2 Å². The van der Waals surface area contributed by atoms with E-state index in [-0.39, 0.29) is 48.3 Å². The Kier molecular flexibility index (Phi) is 12.1. The smallest absolute Gasteiger partial charge is 0.410 e. The van der Waals surface area contributed by atoms with Crippen LogP contribution in [0.1, 0.15) is 69.2 Å². The Morgan fingerprint density at radius 3 is 2.24 bits per heavy atom. The second-order valence-corrected chi connectivity index (χ2v) is 16.4. The van der Waals surface area contributed by atoms with Gasteiger partial charge in [0.05, 0.1) is 42.8 Å². The van der Waals surface area contributed by atoms with E-state index in [1.807, 2.05) is 87.2 Å². The van der Waals surface area contributed by atoms with E-state index in [9.17, 15) is 24.3 Å². The molecule has 312 valence electrons. The Morgan fingerprint density at radius 2 is 1.61 bits per heavy atom. The van der Waals surface area contributed by atoms with Crippen LogP contribution in [0.4, 0.5) is 16.3 Å².